The second-order valence-corrected chi connectivity index (χ2v) is 5.74. The summed E-state index contributed by atoms with van der Waals surface area (Å²) >= 11 is 0. The normalized spacial score (nSPS) is 11.2. The van der Waals surface area contributed by atoms with Crippen molar-refractivity contribution in [2.75, 3.05) is 0 Å². The summed E-state index contributed by atoms with van der Waals surface area (Å²) in [5.41, 5.74) is 6.50. The molecule has 0 aliphatic rings. The number of hydrogen-bond acceptors (Lipinski definition) is 3. The van der Waals surface area contributed by atoms with Crippen molar-refractivity contribution in [1.82, 2.24) is 25.0 Å². The molecule has 4 aromatic rings. The summed E-state index contributed by atoms with van der Waals surface area (Å²) in [7, 11) is 0. The Kier molecular flexibility index (Phi) is 3.38. The van der Waals surface area contributed by atoms with E-state index in [0.717, 1.165) is 35.3 Å². The number of rotatable bonds is 4. The van der Waals surface area contributed by atoms with Gasteiger partial charge in [0, 0.05) is 12.1 Å². The van der Waals surface area contributed by atoms with Crippen LogP contribution >= 0.6 is 0 Å². The molecule has 2 aromatic carbocycles. The van der Waals surface area contributed by atoms with Crippen LogP contribution in [-0.2, 0) is 13.0 Å². The monoisotopic (exact) mass is 303 g/mol. The van der Waals surface area contributed by atoms with Crippen LogP contribution in [0.2, 0.25) is 0 Å². The average Bonchev–Trinajstić information content (AvgIpc) is 3.21. The first-order valence-corrected chi connectivity index (χ1v) is 7.67. The van der Waals surface area contributed by atoms with Gasteiger partial charge in [0.05, 0.1) is 23.6 Å². The van der Waals surface area contributed by atoms with Gasteiger partial charge < -0.3 is 4.98 Å². The van der Waals surface area contributed by atoms with Crippen molar-refractivity contribution in [3.63, 3.8) is 0 Å². The minimum atomic E-state index is 0.822. The summed E-state index contributed by atoms with van der Waals surface area (Å²) in [4.78, 5) is 7.35. The number of nitrogens with zero attached hydrogens (tertiary/aromatic N) is 4. The van der Waals surface area contributed by atoms with E-state index in [9.17, 15) is 0 Å². The molecule has 23 heavy (non-hydrogen) atoms. The Morgan fingerprint density at radius 1 is 1.13 bits per heavy atom. The van der Waals surface area contributed by atoms with Crippen molar-refractivity contribution in [3.8, 4) is 11.3 Å². The maximum atomic E-state index is 4.29. The van der Waals surface area contributed by atoms with Crippen molar-refractivity contribution in [3.05, 3.63) is 66.1 Å². The molecule has 114 valence electrons. The van der Waals surface area contributed by atoms with Crippen molar-refractivity contribution < 1.29 is 0 Å². The highest BCUT2D eigenvalue weighted by Crippen LogP contribution is 2.20. The van der Waals surface area contributed by atoms with E-state index in [1.54, 1.807) is 6.33 Å². The molecule has 0 saturated carbocycles. The Bertz CT molecular complexity index is 951. The fourth-order valence-electron chi connectivity index (χ4n) is 2.75. The zero-order chi connectivity index (χ0) is 15.6. The van der Waals surface area contributed by atoms with E-state index in [4.69, 9.17) is 0 Å². The lowest BCUT2D eigenvalue weighted by atomic mass is 10.1. The van der Waals surface area contributed by atoms with E-state index in [-0.39, 0.29) is 0 Å². The van der Waals surface area contributed by atoms with Crippen molar-refractivity contribution >= 4 is 11.0 Å². The zero-order valence-electron chi connectivity index (χ0n) is 12.9. The topological polar surface area (TPSA) is 59.4 Å². The highest BCUT2D eigenvalue weighted by atomic mass is 15.4. The highest BCUT2D eigenvalue weighted by Gasteiger charge is 2.06. The lowest BCUT2D eigenvalue weighted by Crippen LogP contribution is -2.02. The molecule has 1 N–H and O–H groups in total. The number of hydrogen-bond donors (Lipinski definition) is 1. The molecule has 2 aromatic heterocycles. The zero-order valence-corrected chi connectivity index (χ0v) is 12.9. The Hall–Kier alpha value is -2.95. The first kappa shape index (κ1) is 13.7. The Labute approximate surface area is 134 Å². The third kappa shape index (κ3) is 2.85. The van der Waals surface area contributed by atoms with Gasteiger partial charge in [0.2, 0.25) is 0 Å². The number of imidazole rings is 1. The minimum Gasteiger partial charge on any atom is -0.345 e. The van der Waals surface area contributed by atoms with Crippen molar-refractivity contribution in [2.45, 2.75) is 19.9 Å². The fourth-order valence-corrected chi connectivity index (χ4v) is 2.75. The smallest absolute Gasteiger partial charge is 0.113 e. The summed E-state index contributed by atoms with van der Waals surface area (Å²) in [6.07, 6.45) is 4.64. The van der Waals surface area contributed by atoms with E-state index in [2.05, 4.69) is 57.5 Å². The van der Waals surface area contributed by atoms with Crippen LogP contribution in [0, 0.1) is 6.92 Å². The van der Waals surface area contributed by atoms with E-state index in [1.165, 1.54) is 11.1 Å². The van der Waals surface area contributed by atoms with Gasteiger partial charge in [-0.2, -0.15) is 0 Å². The molecule has 5 nitrogen and oxygen atoms in total. The number of nitrogens with one attached hydrogen (secondary N) is 1. The molecule has 0 amide bonds. The molecule has 0 bridgehead atoms. The summed E-state index contributed by atoms with van der Waals surface area (Å²) < 4.78 is 1.90. The van der Waals surface area contributed by atoms with Crippen LogP contribution < -0.4 is 0 Å². The van der Waals surface area contributed by atoms with Crippen LogP contribution in [0.25, 0.3) is 22.3 Å². The van der Waals surface area contributed by atoms with Crippen LogP contribution in [0.1, 0.15) is 11.1 Å². The summed E-state index contributed by atoms with van der Waals surface area (Å²) in [5, 5.41) is 8.52. The first-order valence-electron chi connectivity index (χ1n) is 7.67. The quantitative estimate of drug-likeness (QED) is 0.629. The van der Waals surface area contributed by atoms with Crippen LogP contribution in [0.5, 0.6) is 0 Å². The molecule has 2 heterocycles. The summed E-state index contributed by atoms with van der Waals surface area (Å²) in [6.45, 7) is 2.94. The standard InChI is InChI=1S/C18H17N5/c1-13-3-2-4-14(9-13)7-8-23-11-18(21-22-23)15-5-6-16-17(10-15)20-12-19-16/h2-6,9-12H,7-8H2,1H3,(H,19,20). The van der Waals surface area contributed by atoms with Crippen molar-refractivity contribution in [1.29, 1.82) is 0 Å². The SMILES string of the molecule is Cc1cccc(CCn2cc(-c3ccc4nc[nH]c4c3)nn2)c1. The maximum Gasteiger partial charge on any atom is 0.113 e. The lowest BCUT2D eigenvalue weighted by Gasteiger charge is -2.02. The molecule has 0 unspecified atom stereocenters. The first-order chi connectivity index (χ1) is 11.3. The Morgan fingerprint density at radius 2 is 2.09 bits per heavy atom. The van der Waals surface area contributed by atoms with Gasteiger partial charge in [0.25, 0.3) is 0 Å². The van der Waals surface area contributed by atoms with E-state index >= 15 is 0 Å². The average molecular weight is 303 g/mol. The van der Waals surface area contributed by atoms with Gasteiger partial charge >= 0.3 is 0 Å². The highest BCUT2D eigenvalue weighted by molar-refractivity contribution is 5.80. The molecule has 0 fully saturated rings. The van der Waals surface area contributed by atoms with Gasteiger partial charge in [-0.3, -0.25) is 4.68 Å². The van der Waals surface area contributed by atoms with Gasteiger partial charge in [0.15, 0.2) is 0 Å². The van der Waals surface area contributed by atoms with Gasteiger partial charge in [-0.15, -0.1) is 5.10 Å². The van der Waals surface area contributed by atoms with Crippen LogP contribution in [-0.4, -0.2) is 25.0 Å². The third-order valence-electron chi connectivity index (χ3n) is 3.97. The molecule has 0 spiro atoms. The summed E-state index contributed by atoms with van der Waals surface area (Å²) in [5.74, 6) is 0. The molecule has 0 radical (unpaired) electrons. The van der Waals surface area contributed by atoms with E-state index in [0.29, 0.717) is 0 Å². The van der Waals surface area contributed by atoms with E-state index < -0.39 is 0 Å². The number of benzene rings is 2. The molecule has 0 atom stereocenters. The maximum absolute atomic E-state index is 4.29. The molecule has 4 rings (SSSR count). The van der Waals surface area contributed by atoms with Crippen LogP contribution in [0.4, 0.5) is 0 Å². The van der Waals surface area contributed by atoms with Crippen LogP contribution in [0.3, 0.4) is 0 Å². The van der Waals surface area contributed by atoms with E-state index in [1.807, 2.05) is 23.0 Å². The second kappa shape index (κ2) is 5.68. The minimum absolute atomic E-state index is 0.822. The predicted molar refractivity (Wildman–Crippen MR) is 90.0 cm³/mol. The molecule has 0 saturated heterocycles. The van der Waals surface area contributed by atoms with Gasteiger partial charge in [-0.25, -0.2) is 4.98 Å². The lowest BCUT2D eigenvalue weighted by molar-refractivity contribution is 0.589. The van der Waals surface area contributed by atoms with Gasteiger partial charge in [-0.05, 0) is 31.0 Å². The molecule has 0 aliphatic carbocycles. The third-order valence-corrected chi connectivity index (χ3v) is 3.97. The number of fused-ring (bicyclic) bond motifs is 1. The molecule has 5 heteroatoms. The van der Waals surface area contributed by atoms with Gasteiger partial charge in [0.1, 0.15) is 5.69 Å². The second-order valence-electron chi connectivity index (χ2n) is 5.74. The van der Waals surface area contributed by atoms with Crippen LogP contribution in [0.15, 0.2) is 55.0 Å². The van der Waals surface area contributed by atoms with Crippen molar-refractivity contribution in [2.24, 2.45) is 0 Å². The molecule has 0 aliphatic heterocycles. The number of aromatic amines is 1. The number of aromatic nitrogens is 5. The number of H-pyrrole nitrogens is 1. The largest absolute Gasteiger partial charge is 0.345 e. The molecular formula is C18H17N5. The van der Waals surface area contributed by atoms with Gasteiger partial charge in [-0.1, -0.05) is 41.1 Å². The number of aryl methyl sites for hydroxylation is 3. The summed E-state index contributed by atoms with van der Waals surface area (Å²) in [6, 6.07) is 14.6. The molecular weight excluding hydrogens is 286 g/mol. The Balaban J connectivity index is 1.52. The predicted octanol–water partition coefficient (Wildman–Crippen LogP) is 3.37. The fraction of sp³-hybridized carbons (Fsp3) is 0.167. The Morgan fingerprint density at radius 3 is 3.00 bits per heavy atom.